The van der Waals surface area contributed by atoms with E-state index in [-0.39, 0.29) is 18.4 Å². The van der Waals surface area contributed by atoms with Crippen molar-refractivity contribution in [2.45, 2.75) is 39.0 Å². The highest BCUT2D eigenvalue weighted by Gasteiger charge is 2.29. The second-order valence-corrected chi connectivity index (χ2v) is 9.24. The Morgan fingerprint density at radius 2 is 1.87 bits per heavy atom. The zero-order chi connectivity index (χ0) is 20.9. The summed E-state index contributed by atoms with van der Waals surface area (Å²) in [7, 11) is 0. The summed E-state index contributed by atoms with van der Waals surface area (Å²) in [6, 6.07) is 11.9. The van der Waals surface area contributed by atoms with Crippen LogP contribution < -0.4 is 4.74 Å². The molecule has 2 fully saturated rings. The van der Waals surface area contributed by atoms with E-state index < -0.39 is 0 Å². The molecular formula is C24H30N2O3S. The molecule has 2 amide bonds. The van der Waals surface area contributed by atoms with E-state index in [4.69, 9.17) is 4.74 Å². The number of hydrogen-bond donors (Lipinski definition) is 0. The highest BCUT2D eigenvalue weighted by Crippen LogP contribution is 2.38. The molecule has 1 aromatic carbocycles. The molecule has 6 heteroatoms. The van der Waals surface area contributed by atoms with Gasteiger partial charge in [-0.05, 0) is 56.6 Å². The molecule has 0 unspecified atom stereocenters. The second kappa shape index (κ2) is 9.65. The third kappa shape index (κ3) is 5.04. The highest BCUT2D eigenvalue weighted by atomic mass is 32.1. The molecule has 1 aliphatic carbocycles. The van der Waals surface area contributed by atoms with Crippen LogP contribution in [0.15, 0.2) is 36.4 Å². The number of rotatable bonds is 8. The predicted octanol–water partition coefficient (Wildman–Crippen LogP) is 4.68. The van der Waals surface area contributed by atoms with Gasteiger partial charge in [-0.25, -0.2) is 0 Å². The van der Waals surface area contributed by atoms with Gasteiger partial charge >= 0.3 is 0 Å². The van der Waals surface area contributed by atoms with Crippen LogP contribution in [0, 0.1) is 5.92 Å². The molecule has 2 aromatic rings. The lowest BCUT2D eigenvalue weighted by atomic mass is 10.1. The number of ether oxygens (including phenoxy) is 1. The third-order valence-electron chi connectivity index (χ3n) is 5.85. The Morgan fingerprint density at radius 3 is 2.53 bits per heavy atom. The molecule has 2 heterocycles. The number of carbonyl (C=O) groups excluding carboxylic acids is 2. The summed E-state index contributed by atoms with van der Waals surface area (Å²) >= 11 is 1.46. The largest absolute Gasteiger partial charge is 0.482 e. The van der Waals surface area contributed by atoms with Crippen molar-refractivity contribution >= 4 is 23.2 Å². The molecule has 1 aromatic heterocycles. The van der Waals surface area contributed by atoms with E-state index in [2.05, 4.69) is 0 Å². The molecule has 4 rings (SSSR count). The van der Waals surface area contributed by atoms with Crippen molar-refractivity contribution in [2.24, 2.45) is 5.92 Å². The van der Waals surface area contributed by atoms with Crippen molar-refractivity contribution in [2.75, 3.05) is 32.8 Å². The third-order valence-corrected chi connectivity index (χ3v) is 7.01. The molecule has 1 saturated carbocycles. The maximum absolute atomic E-state index is 13.3. The highest BCUT2D eigenvalue weighted by molar-refractivity contribution is 7.17. The molecule has 0 bridgehead atoms. The summed E-state index contributed by atoms with van der Waals surface area (Å²) < 4.78 is 5.96. The Hall–Kier alpha value is -2.34. The van der Waals surface area contributed by atoms with Gasteiger partial charge in [0.1, 0.15) is 10.6 Å². The lowest BCUT2D eigenvalue weighted by Crippen LogP contribution is -2.38. The molecule has 0 atom stereocenters. The Morgan fingerprint density at radius 1 is 1.13 bits per heavy atom. The minimum Gasteiger partial charge on any atom is -0.482 e. The van der Waals surface area contributed by atoms with Gasteiger partial charge in [0, 0.05) is 31.1 Å². The summed E-state index contributed by atoms with van der Waals surface area (Å²) in [5, 5.41) is 0. The summed E-state index contributed by atoms with van der Waals surface area (Å²) in [6.07, 6.45) is 5.70. The Bertz CT molecular complexity index is 870. The molecule has 5 nitrogen and oxygen atoms in total. The summed E-state index contributed by atoms with van der Waals surface area (Å²) in [5.74, 6) is 1.18. The molecule has 1 saturated heterocycles. The number of amides is 2. The van der Waals surface area contributed by atoms with E-state index in [0.29, 0.717) is 23.1 Å². The normalized spacial score (nSPS) is 16.4. The maximum Gasteiger partial charge on any atom is 0.267 e. The van der Waals surface area contributed by atoms with Crippen LogP contribution in [0.1, 0.15) is 48.7 Å². The van der Waals surface area contributed by atoms with Gasteiger partial charge < -0.3 is 14.5 Å². The van der Waals surface area contributed by atoms with Crippen LogP contribution >= 0.6 is 11.3 Å². The first-order valence-electron chi connectivity index (χ1n) is 11.0. The average molecular weight is 427 g/mol. The van der Waals surface area contributed by atoms with Gasteiger partial charge in [-0.2, -0.15) is 0 Å². The van der Waals surface area contributed by atoms with Gasteiger partial charge in [0.15, 0.2) is 6.61 Å². The van der Waals surface area contributed by atoms with Gasteiger partial charge in [-0.1, -0.05) is 30.3 Å². The van der Waals surface area contributed by atoms with E-state index in [1.807, 2.05) is 53.1 Å². The number of benzene rings is 1. The molecule has 0 N–H and O–H groups in total. The Balaban J connectivity index is 1.54. The molecule has 160 valence electrons. The van der Waals surface area contributed by atoms with E-state index in [0.717, 1.165) is 42.9 Å². The first kappa shape index (κ1) is 20.9. The number of hydrogen-bond acceptors (Lipinski definition) is 4. The van der Waals surface area contributed by atoms with E-state index in [1.165, 1.54) is 30.6 Å². The standard InChI is InChI=1S/C24H30N2O3S/c1-2-25(16-18-11-12-18)24(28)23-20(15-21(30-23)19-9-5-3-6-10-19)29-17-22(27)26-13-7-4-8-14-26/h3,5-6,9-10,15,18H,2,4,7-8,11-14,16-17H2,1H3. The van der Waals surface area contributed by atoms with Crippen molar-refractivity contribution in [3.05, 3.63) is 41.3 Å². The van der Waals surface area contributed by atoms with Crippen LogP contribution in [-0.4, -0.2) is 54.4 Å². The number of carbonyl (C=O) groups is 2. The quantitative estimate of drug-likeness (QED) is 0.616. The minimum absolute atomic E-state index is 0.00545. The first-order chi connectivity index (χ1) is 14.7. The number of thiophene rings is 1. The molecule has 1 aliphatic heterocycles. The summed E-state index contributed by atoms with van der Waals surface area (Å²) in [4.78, 5) is 31.3. The summed E-state index contributed by atoms with van der Waals surface area (Å²) in [5.41, 5.74) is 1.05. The molecule has 30 heavy (non-hydrogen) atoms. The van der Waals surface area contributed by atoms with Crippen LogP contribution in [0.2, 0.25) is 0 Å². The first-order valence-corrected chi connectivity index (χ1v) is 11.9. The van der Waals surface area contributed by atoms with Gasteiger partial charge in [0.2, 0.25) is 0 Å². The fourth-order valence-electron chi connectivity index (χ4n) is 3.86. The topological polar surface area (TPSA) is 49.9 Å². The maximum atomic E-state index is 13.3. The van der Waals surface area contributed by atoms with Crippen LogP contribution in [-0.2, 0) is 4.79 Å². The predicted molar refractivity (Wildman–Crippen MR) is 120 cm³/mol. The van der Waals surface area contributed by atoms with Gasteiger partial charge in [0.25, 0.3) is 11.8 Å². The minimum atomic E-state index is -0.0139. The van der Waals surface area contributed by atoms with Crippen LogP contribution in [0.25, 0.3) is 10.4 Å². The number of piperidine rings is 1. The molecule has 2 aliphatic rings. The monoisotopic (exact) mass is 426 g/mol. The lowest BCUT2D eigenvalue weighted by molar-refractivity contribution is -0.134. The SMILES string of the molecule is CCN(CC1CC1)C(=O)c1sc(-c2ccccc2)cc1OCC(=O)N1CCCCC1. The Kier molecular flexibility index (Phi) is 6.72. The van der Waals surface area contributed by atoms with Gasteiger partial charge in [0.05, 0.1) is 0 Å². The van der Waals surface area contributed by atoms with E-state index in [1.54, 1.807) is 0 Å². The van der Waals surface area contributed by atoms with Crippen molar-refractivity contribution in [3.63, 3.8) is 0 Å². The van der Waals surface area contributed by atoms with Crippen LogP contribution in [0.5, 0.6) is 5.75 Å². The Labute approximate surface area is 182 Å². The van der Waals surface area contributed by atoms with Crippen molar-refractivity contribution in [1.82, 2.24) is 9.80 Å². The molecule has 0 spiro atoms. The van der Waals surface area contributed by atoms with Crippen molar-refractivity contribution in [1.29, 1.82) is 0 Å². The van der Waals surface area contributed by atoms with Crippen molar-refractivity contribution < 1.29 is 14.3 Å². The zero-order valence-corrected chi connectivity index (χ0v) is 18.5. The smallest absolute Gasteiger partial charge is 0.267 e. The second-order valence-electron chi connectivity index (χ2n) is 8.19. The van der Waals surface area contributed by atoms with Gasteiger partial charge in [-0.15, -0.1) is 11.3 Å². The van der Waals surface area contributed by atoms with Crippen LogP contribution in [0.4, 0.5) is 0 Å². The fraction of sp³-hybridized carbons (Fsp3) is 0.500. The van der Waals surface area contributed by atoms with Crippen molar-refractivity contribution in [3.8, 4) is 16.2 Å². The molecular weight excluding hydrogens is 396 g/mol. The molecule has 0 radical (unpaired) electrons. The fourth-order valence-corrected chi connectivity index (χ4v) is 4.94. The lowest BCUT2D eigenvalue weighted by Gasteiger charge is -2.26. The summed E-state index contributed by atoms with van der Waals surface area (Å²) in [6.45, 7) is 5.10. The van der Waals surface area contributed by atoms with Gasteiger partial charge in [-0.3, -0.25) is 9.59 Å². The van der Waals surface area contributed by atoms with Crippen LogP contribution in [0.3, 0.4) is 0 Å². The number of likely N-dealkylation sites (tertiary alicyclic amines) is 1. The average Bonchev–Trinajstić information content (AvgIpc) is 3.52. The van der Waals surface area contributed by atoms with E-state index >= 15 is 0 Å². The number of nitrogens with zero attached hydrogens (tertiary/aromatic N) is 2. The van der Waals surface area contributed by atoms with E-state index in [9.17, 15) is 9.59 Å². The zero-order valence-electron chi connectivity index (χ0n) is 17.6.